The molecule has 6 nitrogen and oxygen atoms in total. The standard InChI is InChI=1S/C31H36F2N2O4S/c1-4-5-13-35(19-23-15-24(32)18-25(33)16-23)39-20-22-10-11-27(28(17-22)26-9-7-6-8-21(26)2)30(36)34-29(31(37)38)12-14-40-3/h6-11,15-18,29H,4-5,12-14,19-20H2,1-3H3,(H,34,36)(H,37,38)/t29-/m0/s1. The number of carboxylic acids is 1. The number of carbonyl (C=O) groups is 2. The average Bonchev–Trinajstić information content (AvgIpc) is 2.91. The number of unbranched alkanes of at least 4 members (excludes halogenated alkanes) is 1. The number of thioether (sulfide) groups is 1. The van der Waals surface area contributed by atoms with Gasteiger partial charge in [-0.2, -0.15) is 16.8 Å². The van der Waals surface area contributed by atoms with Crippen LogP contribution in [0.4, 0.5) is 8.78 Å². The molecule has 1 atom stereocenters. The Kier molecular flexibility index (Phi) is 12.1. The monoisotopic (exact) mass is 570 g/mol. The van der Waals surface area contributed by atoms with E-state index in [2.05, 4.69) is 5.32 Å². The highest BCUT2D eigenvalue weighted by Gasteiger charge is 2.23. The zero-order valence-electron chi connectivity index (χ0n) is 23.1. The summed E-state index contributed by atoms with van der Waals surface area (Å²) in [5, 5.41) is 14.0. The van der Waals surface area contributed by atoms with Crippen LogP contribution in [-0.4, -0.2) is 46.6 Å². The molecule has 40 heavy (non-hydrogen) atoms. The normalized spacial score (nSPS) is 11.9. The van der Waals surface area contributed by atoms with Gasteiger partial charge in [0.25, 0.3) is 5.91 Å². The molecule has 3 aromatic carbocycles. The van der Waals surface area contributed by atoms with Gasteiger partial charge in [-0.15, -0.1) is 0 Å². The van der Waals surface area contributed by atoms with Crippen molar-refractivity contribution in [3.8, 4) is 11.1 Å². The zero-order valence-corrected chi connectivity index (χ0v) is 23.9. The van der Waals surface area contributed by atoms with Crippen molar-refractivity contribution in [3.63, 3.8) is 0 Å². The molecule has 214 valence electrons. The van der Waals surface area contributed by atoms with Gasteiger partial charge < -0.3 is 10.4 Å². The average molecular weight is 571 g/mol. The predicted molar refractivity (Wildman–Crippen MR) is 155 cm³/mol. The van der Waals surface area contributed by atoms with Gasteiger partial charge in [-0.05, 0) is 83.9 Å². The van der Waals surface area contributed by atoms with E-state index in [0.717, 1.165) is 35.6 Å². The second-order valence-electron chi connectivity index (χ2n) is 9.61. The smallest absolute Gasteiger partial charge is 0.326 e. The fourth-order valence-corrected chi connectivity index (χ4v) is 4.77. The van der Waals surface area contributed by atoms with Crippen LogP contribution in [0.15, 0.2) is 60.7 Å². The molecule has 1 amide bonds. The molecule has 0 unspecified atom stereocenters. The van der Waals surface area contributed by atoms with Crippen molar-refractivity contribution in [2.75, 3.05) is 18.6 Å². The van der Waals surface area contributed by atoms with Crippen molar-refractivity contribution >= 4 is 23.6 Å². The van der Waals surface area contributed by atoms with E-state index in [1.807, 2.05) is 50.4 Å². The van der Waals surface area contributed by atoms with Gasteiger partial charge in [-0.3, -0.25) is 9.63 Å². The van der Waals surface area contributed by atoms with Crippen LogP contribution in [0.25, 0.3) is 11.1 Å². The Balaban J connectivity index is 1.87. The predicted octanol–water partition coefficient (Wildman–Crippen LogP) is 6.61. The van der Waals surface area contributed by atoms with Gasteiger partial charge in [-0.1, -0.05) is 43.7 Å². The highest BCUT2D eigenvalue weighted by atomic mass is 32.2. The van der Waals surface area contributed by atoms with Crippen molar-refractivity contribution in [1.29, 1.82) is 0 Å². The number of carbonyl (C=O) groups excluding carboxylic acids is 1. The summed E-state index contributed by atoms with van der Waals surface area (Å²) in [5.74, 6) is -2.21. The topological polar surface area (TPSA) is 78.9 Å². The van der Waals surface area contributed by atoms with Gasteiger partial charge in [-0.25, -0.2) is 13.6 Å². The summed E-state index contributed by atoms with van der Waals surface area (Å²) in [7, 11) is 0. The maximum Gasteiger partial charge on any atom is 0.326 e. The van der Waals surface area contributed by atoms with Crippen LogP contribution in [0.3, 0.4) is 0 Å². The lowest BCUT2D eigenvalue weighted by Crippen LogP contribution is -2.41. The highest BCUT2D eigenvalue weighted by molar-refractivity contribution is 7.98. The number of hydrogen-bond donors (Lipinski definition) is 2. The molecular weight excluding hydrogens is 534 g/mol. The minimum atomic E-state index is -1.07. The van der Waals surface area contributed by atoms with Gasteiger partial charge in [0.1, 0.15) is 17.7 Å². The molecule has 0 aromatic heterocycles. The molecule has 0 saturated carbocycles. The summed E-state index contributed by atoms with van der Waals surface area (Å²) >= 11 is 1.52. The summed E-state index contributed by atoms with van der Waals surface area (Å²) in [6, 6.07) is 15.4. The maximum absolute atomic E-state index is 13.7. The Bertz CT molecular complexity index is 1280. The quantitative estimate of drug-likeness (QED) is 0.200. The third kappa shape index (κ3) is 9.15. The van der Waals surface area contributed by atoms with Crippen molar-refractivity contribution < 1.29 is 28.3 Å². The molecule has 0 aliphatic rings. The molecule has 0 fully saturated rings. The van der Waals surface area contributed by atoms with Crippen LogP contribution in [-0.2, 0) is 22.8 Å². The van der Waals surface area contributed by atoms with E-state index in [4.69, 9.17) is 4.84 Å². The van der Waals surface area contributed by atoms with Crippen LogP contribution in [0.2, 0.25) is 0 Å². The first-order chi connectivity index (χ1) is 19.2. The first kappa shape index (κ1) is 31.3. The van der Waals surface area contributed by atoms with E-state index in [0.29, 0.717) is 35.4 Å². The maximum atomic E-state index is 13.7. The lowest BCUT2D eigenvalue weighted by Gasteiger charge is -2.23. The number of benzene rings is 3. The third-order valence-corrected chi connectivity index (χ3v) is 7.08. The summed E-state index contributed by atoms with van der Waals surface area (Å²) in [6.07, 6.45) is 3.97. The minimum absolute atomic E-state index is 0.174. The van der Waals surface area contributed by atoms with E-state index in [1.54, 1.807) is 17.2 Å². The second kappa shape index (κ2) is 15.5. The van der Waals surface area contributed by atoms with Crippen molar-refractivity contribution in [3.05, 3.63) is 94.6 Å². The number of nitrogens with zero attached hydrogens (tertiary/aromatic N) is 1. The SMILES string of the molecule is CCCCN(Cc1cc(F)cc(F)c1)OCc1ccc(C(=O)N[C@@H](CCSC)C(=O)O)c(-c2ccccc2C)c1. The first-order valence-corrected chi connectivity index (χ1v) is 14.7. The number of halogens is 2. The van der Waals surface area contributed by atoms with Gasteiger partial charge in [0.05, 0.1) is 6.61 Å². The van der Waals surface area contributed by atoms with Gasteiger partial charge in [0.15, 0.2) is 0 Å². The Morgan fingerprint density at radius 2 is 1.75 bits per heavy atom. The molecule has 0 saturated heterocycles. The lowest BCUT2D eigenvalue weighted by molar-refractivity contribution is -0.177. The molecular formula is C31H36F2N2O4S. The van der Waals surface area contributed by atoms with Crippen LogP contribution >= 0.6 is 11.8 Å². The van der Waals surface area contributed by atoms with Crippen LogP contribution < -0.4 is 5.32 Å². The van der Waals surface area contributed by atoms with Gasteiger partial charge in [0.2, 0.25) is 0 Å². The van der Waals surface area contributed by atoms with Gasteiger partial charge in [0, 0.05) is 24.7 Å². The Morgan fingerprint density at radius 1 is 1.02 bits per heavy atom. The van der Waals surface area contributed by atoms with E-state index in [-0.39, 0.29) is 13.2 Å². The largest absolute Gasteiger partial charge is 0.480 e. The summed E-state index contributed by atoms with van der Waals surface area (Å²) < 4.78 is 27.5. The number of aryl methyl sites for hydroxylation is 1. The molecule has 3 aromatic rings. The summed E-state index contributed by atoms with van der Waals surface area (Å²) in [6.45, 7) is 4.96. The number of nitrogens with one attached hydrogen (secondary N) is 1. The Morgan fingerprint density at radius 3 is 2.40 bits per heavy atom. The van der Waals surface area contributed by atoms with E-state index in [1.165, 1.54) is 23.9 Å². The summed E-state index contributed by atoms with van der Waals surface area (Å²) in [5.41, 5.74) is 4.10. The van der Waals surface area contributed by atoms with Crippen molar-refractivity contribution in [1.82, 2.24) is 10.4 Å². The molecule has 0 bridgehead atoms. The number of carboxylic acid groups (broad SMARTS) is 1. The number of rotatable bonds is 15. The molecule has 0 heterocycles. The molecule has 2 N–H and O–H groups in total. The van der Waals surface area contributed by atoms with Crippen molar-refractivity contribution in [2.24, 2.45) is 0 Å². The fourth-order valence-electron chi connectivity index (χ4n) is 4.30. The lowest BCUT2D eigenvalue weighted by atomic mass is 9.93. The molecule has 9 heteroatoms. The van der Waals surface area contributed by atoms with Crippen LogP contribution in [0.1, 0.15) is 53.2 Å². The zero-order chi connectivity index (χ0) is 29.1. The van der Waals surface area contributed by atoms with Gasteiger partial charge >= 0.3 is 5.97 Å². The van der Waals surface area contributed by atoms with E-state index >= 15 is 0 Å². The van der Waals surface area contributed by atoms with E-state index < -0.39 is 29.6 Å². The summed E-state index contributed by atoms with van der Waals surface area (Å²) in [4.78, 5) is 31.1. The van der Waals surface area contributed by atoms with Crippen LogP contribution in [0.5, 0.6) is 0 Å². The second-order valence-corrected chi connectivity index (χ2v) is 10.6. The number of amides is 1. The van der Waals surface area contributed by atoms with E-state index in [9.17, 15) is 23.5 Å². The molecule has 0 spiro atoms. The molecule has 3 rings (SSSR count). The molecule has 0 aliphatic carbocycles. The fraction of sp³-hybridized carbons (Fsp3) is 0.355. The Labute approximate surface area is 238 Å². The first-order valence-electron chi connectivity index (χ1n) is 13.3. The number of hydroxylamine groups is 2. The number of aliphatic carboxylic acids is 1. The molecule has 0 aliphatic heterocycles. The number of hydrogen-bond acceptors (Lipinski definition) is 5. The minimum Gasteiger partial charge on any atom is -0.480 e. The Hall–Kier alpha value is -3.27. The van der Waals surface area contributed by atoms with Crippen molar-refractivity contribution in [2.45, 2.75) is 52.3 Å². The third-order valence-electron chi connectivity index (χ3n) is 6.43. The molecule has 0 radical (unpaired) electrons. The highest BCUT2D eigenvalue weighted by Crippen LogP contribution is 2.29. The van der Waals surface area contributed by atoms with Crippen LogP contribution in [0, 0.1) is 18.6 Å².